The van der Waals surface area contributed by atoms with Crippen LogP contribution in [0.4, 0.5) is 22.0 Å². The largest absolute Gasteiger partial charge is 0.354 e. The predicted molar refractivity (Wildman–Crippen MR) is 78.3 cm³/mol. The molecule has 1 aromatic carbocycles. The summed E-state index contributed by atoms with van der Waals surface area (Å²) in [5, 5.41) is 5.92. The van der Waals surface area contributed by atoms with Crippen molar-refractivity contribution in [3.63, 3.8) is 0 Å². The third-order valence-electron chi connectivity index (χ3n) is 2.34. The van der Waals surface area contributed by atoms with Crippen molar-refractivity contribution >= 4 is 40.8 Å². The molecule has 0 spiro atoms. The molecule has 8 heteroatoms. The molecule has 0 aliphatic carbocycles. The van der Waals surface area contributed by atoms with Crippen molar-refractivity contribution in [3.8, 4) is 0 Å². The molecular formula is C12H12Cl2FN5. The maximum atomic E-state index is 13.7. The molecule has 20 heavy (non-hydrogen) atoms. The van der Waals surface area contributed by atoms with E-state index in [9.17, 15) is 4.39 Å². The van der Waals surface area contributed by atoms with E-state index in [-0.39, 0.29) is 21.9 Å². The molecule has 0 fully saturated rings. The number of hydrogen-bond acceptors (Lipinski definition) is 5. The topological polar surface area (TPSA) is 62.7 Å². The second-order valence-electron chi connectivity index (χ2n) is 3.90. The summed E-state index contributed by atoms with van der Waals surface area (Å²) in [6, 6.07) is 4.36. The number of halogens is 3. The molecule has 0 unspecified atom stereocenters. The lowest BCUT2D eigenvalue weighted by molar-refractivity contribution is 0.631. The van der Waals surface area contributed by atoms with E-state index in [2.05, 4.69) is 25.6 Å². The summed E-state index contributed by atoms with van der Waals surface area (Å²) in [7, 11) is 0. The van der Waals surface area contributed by atoms with Crippen LogP contribution in [0, 0.1) is 5.82 Å². The molecule has 2 rings (SSSR count). The summed E-state index contributed by atoms with van der Waals surface area (Å²) in [5.74, 6) is -0.0606. The van der Waals surface area contributed by atoms with E-state index in [1.54, 1.807) is 6.07 Å². The van der Waals surface area contributed by atoms with Crippen LogP contribution >= 0.6 is 23.2 Å². The molecule has 1 heterocycles. The average molecular weight is 316 g/mol. The zero-order valence-electron chi connectivity index (χ0n) is 10.6. The first kappa shape index (κ1) is 14.7. The van der Waals surface area contributed by atoms with E-state index < -0.39 is 5.82 Å². The number of para-hydroxylation sites is 1. The van der Waals surface area contributed by atoms with Gasteiger partial charge in [0.15, 0.2) is 0 Å². The normalized spacial score (nSPS) is 10.4. The van der Waals surface area contributed by atoms with E-state index in [0.29, 0.717) is 12.5 Å². The first-order valence-corrected chi connectivity index (χ1v) is 6.72. The molecule has 5 nitrogen and oxygen atoms in total. The SMILES string of the molecule is CCCNc1nc(Cl)nc(Nc2c(F)cccc2Cl)n1. The number of rotatable bonds is 5. The Labute approximate surface area is 125 Å². The van der Waals surface area contributed by atoms with Gasteiger partial charge in [0, 0.05) is 6.54 Å². The molecule has 2 N–H and O–H groups in total. The highest BCUT2D eigenvalue weighted by molar-refractivity contribution is 6.33. The summed E-state index contributed by atoms with van der Waals surface area (Å²) >= 11 is 11.7. The van der Waals surface area contributed by atoms with Gasteiger partial charge in [-0.1, -0.05) is 24.6 Å². The van der Waals surface area contributed by atoms with E-state index in [0.717, 1.165) is 6.42 Å². The molecule has 0 atom stereocenters. The molecule has 2 aromatic rings. The second kappa shape index (κ2) is 6.67. The molecule has 106 valence electrons. The predicted octanol–water partition coefficient (Wildman–Crippen LogP) is 3.88. The lowest BCUT2D eigenvalue weighted by Crippen LogP contribution is -2.08. The van der Waals surface area contributed by atoms with Gasteiger partial charge in [0.25, 0.3) is 0 Å². The number of nitrogens with one attached hydrogen (secondary N) is 2. The minimum absolute atomic E-state index is 0.00793. The summed E-state index contributed by atoms with van der Waals surface area (Å²) in [6.07, 6.45) is 0.908. The standard InChI is InChI=1S/C12H12Cl2FN5/c1-2-6-16-11-18-10(14)19-12(20-11)17-9-7(13)4-3-5-8(9)15/h3-5H,2,6H2,1H3,(H2,16,17,18,19,20). The van der Waals surface area contributed by atoms with Gasteiger partial charge in [-0.2, -0.15) is 15.0 Å². The first-order chi connectivity index (χ1) is 9.60. The molecule has 0 aliphatic heterocycles. The number of nitrogens with zero attached hydrogens (tertiary/aromatic N) is 3. The van der Waals surface area contributed by atoms with E-state index in [1.807, 2.05) is 6.92 Å². The zero-order chi connectivity index (χ0) is 14.5. The van der Waals surface area contributed by atoms with E-state index in [4.69, 9.17) is 23.2 Å². The molecule has 0 bridgehead atoms. The molecule has 0 amide bonds. The highest BCUT2D eigenvalue weighted by atomic mass is 35.5. The summed E-state index contributed by atoms with van der Waals surface area (Å²) in [5.41, 5.74) is 0.0953. The minimum atomic E-state index is -0.503. The van der Waals surface area contributed by atoms with Gasteiger partial charge in [0.05, 0.1) is 10.7 Å². The van der Waals surface area contributed by atoms with Crippen LogP contribution in [-0.2, 0) is 0 Å². The molecular weight excluding hydrogens is 304 g/mol. The van der Waals surface area contributed by atoms with Crippen LogP contribution in [-0.4, -0.2) is 21.5 Å². The molecule has 0 aliphatic rings. The van der Waals surface area contributed by atoms with Gasteiger partial charge in [-0.15, -0.1) is 0 Å². The molecule has 0 radical (unpaired) electrons. The Hall–Kier alpha value is -1.66. The number of aromatic nitrogens is 3. The van der Waals surface area contributed by atoms with Crippen molar-refractivity contribution < 1.29 is 4.39 Å². The Balaban J connectivity index is 2.27. The minimum Gasteiger partial charge on any atom is -0.354 e. The number of anilines is 3. The number of benzene rings is 1. The van der Waals surface area contributed by atoms with Crippen LogP contribution in [0.5, 0.6) is 0 Å². The van der Waals surface area contributed by atoms with Crippen molar-refractivity contribution in [3.05, 3.63) is 34.3 Å². The Morgan fingerprint density at radius 1 is 1.15 bits per heavy atom. The highest BCUT2D eigenvalue weighted by Gasteiger charge is 2.10. The fraction of sp³-hybridized carbons (Fsp3) is 0.250. The maximum absolute atomic E-state index is 13.7. The van der Waals surface area contributed by atoms with Gasteiger partial charge in [0.2, 0.25) is 17.2 Å². The molecule has 0 saturated heterocycles. The van der Waals surface area contributed by atoms with Crippen molar-refractivity contribution in [1.82, 2.24) is 15.0 Å². The van der Waals surface area contributed by atoms with Crippen LogP contribution in [0.25, 0.3) is 0 Å². The van der Waals surface area contributed by atoms with E-state index >= 15 is 0 Å². The van der Waals surface area contributed by atoms with Gasteiger partial charge in [-0.25, -0.2) is 4.39 Å². The Morgan fingerprint density at radius 3 is 2.60 bits per heavy atom. The van der Waals surface area contributed by atoms with Crippen LogP contribution in [0.2, 0.25) is 10.3 Å². The molecule has 1 aromatic heterocycles. The summed E-state index contributed by atoms with van der Waals surface area (Å²) < 4.78 is 13.7. The van der Waals surface area contributed by atoms with Crippen molar-refractivity contribution in [2.24, 2.45) is 0 Å². The van der Waals surface area contributed by atoms with Crippen molar-refractivity contribution in [2.45, 2.75) is 13.3 Å². The average Bonchev–Trinajstić information content (AvgIpc) is 2.40. The lowest BCUT2D eigenvalue weighted by atomic mass is 10.3. The van der Waals surface area contributed by atoms with Crippen LogP contribution in [0.1, 0.15) is 13.3 Å². The van der Waals surface area contributed by atoms with Crippen molar-refractivity contribution in [2.75, 3.05) is 17.2 Å². The fourth-order valence-electron chi connectivity index (χ4n) is 1.45. The number of hydrogen-bond donors (Lipinski definition) is 2. The second-order valence-corrected chi connectivity index (χ2v) is 4.65. The summed E-state index contributed by atoms with van der Waals surface area (Å²) in [4.78, 5) is 11.9. The molecule has 0 saturated carbocycles. The monoisotopic (exact) mass is 315 g/mol. The quantitative estimate of drug-likeness (QED) is 0.876. The Bertz CT molecular complexity index is 588. The van der Waals surface area contributed by atoms with Gasteiger partial charge >= 0.3 is 0 Å². The zero-order valence-corrected chi connectivity index (χ0v) is 12.1. The van der Waals surface area contributed by atoms with Gasteiger partial charge < -0.3 is 10.6 Å². The van der Waals surface area contributed by atoms with Gasteiger partial charge in [-0.05, 0) is 30.2 Å². The third kappa shape index (κ3) is 3.68. The first-order valence-electron chi connectivity index (χ1n) is 5.96. The van der Waals surface area contributed by atoms with Crippen LogP contribution in [0.3, 0.4) is 0 Å². The Morgan fingerprint density at radius 2 is 1.90 bits per heavy atom. The fourth-order valence-corrected chi connectivity index (χ4v) is 1.82. The maximum Gasteiger partial charge on any atom is 0.233 e. The summed E-state index contributed by atoms with van der Waals surface area (Å²) in [6.45, 7) is 2.70. The smallest absolute Gasteiger partial charge is 0.233 e. The Kier molecular flexibility index (Phi) is 4.92. The van der Waals surface area contributed by atoms with Crippen LogP contribution in [0.15, 0.2) is 18.2 Å². The van der Waals surface area contributed by atoms with Crippen LogP contribution < -0.4 is 10.6 Å². The highest BCUT2D eigenvalue weighted by Crippen LogP contribution is 2.27. The third-order valence-corrected chi connectivity index (χ3v) is 2.82. The van der Waals surface area contributed by atoms with Crippen molar-refractivity contribution in [1.29, 1.82) is 0 Å². The van der Waals surface area contributed by atoms with Gasteiger partial charge in [0.1, 0.15) is 5.82 Å². The lowest BCUT2D eigenvalue weighted by Gasteiger charge is -2.09. The van der Waals surface area contributed by atoms with E-state index in [1.165, 1.54) is 12.1 Å². The van der Waals surface area contributed by atoms with Gasteiger partial charge in [-0.3, -0.25) is 0 Å².